The standard InChI is InChI=1S/C24H20N2O10S3/c25-15-3-1-5-17(11-15)35-21-9-7-19(13-23(21)38(29,30)31)37(27,28)20-8-10-22(24(14-20)39(32,33)34)36-18-6-2-4-16(26)12-18/h1-14H,25-26H2,(H,29,30,31)(H,32,33,34). The van der Waals surface area contributed by atoms with E-state index in [9.17, 15) is 34.4 Å². The molecule has 0 spiro atoms. The zero-order valence-electron chi connectivity index (χ0n) is 19.6. The minimum absolute atomic E-state index is 0.115. The summed E-state index contributed by atoms with van der Waals surface area (Å²) in [5, 5.41) is 0. The molecule has 39 heavy (non-hydrogen) atoms. The van der Waals surface area contributed by atoms with Crippen molar-refractivity contribution in [3.63, 3.8) is 0 Å². The summed E-state index contributed by atoms with van der Waals surface area (Å²) in [7, 11) is -14.6. The molecule has 0 bridgehead atoms. The van der Waals surface area contributed by atoms with Crippen LogP contribution in [0.5, 0.6) is 23.0 Å². The fraction of sp³-hybridized carbons (Fsp3) is 0. The van der Waals surface area contributed by atoms with Gasteiger partial charge in [0.25, 0.3) is 20.2 Å². The Hall–Kier alpha value is -4.15. The van der Waals surface area contributed by atoms with Crippen LogP contribution >= 0.6 is 0 Å². The Labute approximate surface area is 223 Å². The molecule has 0 unspecified atom stereocenters. The van der Waals surface area contributed by atoms with Gasteiger partial charge >= 0.3 is 0 Å². The summed E-state index contributed by atoms with van der Waals surface area (Å²) in [5.74, 6) is -0.564. The number of hydrogen-bond acceptors (Lipinski definition) is 10. The van der Waals surface area contributed by atoms with Crippen molar-refractivity contribution in [2.45, 2.75) is 19.6 Å². The van der Waals surface area contributed by atoms with Gasteiger partial charge in [-0.05, 0) is 60.7 Å². The summed E-state index contributed by atoms with van der Waals surface area (Å²) < 4.78 is 105. The van der Waals surface area contributed by atoms with Gasteiger partial charge in [0.05, 0.1) is 9.79 Å². The first-order valence-corrected chi connectivity index (χ1v) is 15.1. The molecular formula is C24H20N2O10S3. The highest BCUT2D eigenvalue weighted by Crippen LogP contribution is 2.36. The number of nitrogen functional groups attached to an aromatic ring is 2. The van der Waals surface area contributed by atoms with Crippen molar-refractivity contribution in [2.24, 2.45) is 0 Å². The third-order valence-corrected chi connectivity index (χ3v) is 8.68. The van der Waals surface area contributed by atoms with Crippen LogP contribution in [0.4, 0.5) is 11.4 Å². The molecular weight excluding hydrogens is 572 g/mol. The lowest BCUT2D eigenvalue weighted by Crippen LogP contribution is -2.08. The maximum atomic E-state index is 13.4. The average molecular weight is 593 g/mol. The summed E-state index contributed by atoms with van der Waals surface area (Å²) in [4.78, 5) is -2.99. The molecule has 6 N–H and O–H groups in total. The molecule has 0 amide bonds. The van der Waals surface area contributed by atoms with E-state index in [-0.39, 0.29) is 11.5 Å². The van der Waals surface area contributed by atoms with E-state index in [1.165, 1.54) is 36.4 Å². The van der Waals surface area contributed by atoms with Crippen LogP contribution in [0.2, 0.25) is 0 Å². The number of hydrogen-bond donors (Lipinski definition) is 4. The first kappa shape index (κ1) is 27.9. The van der Waals surface area contributed by atoms with E-state index >= 15 is 0 Å². The predicted molar refractivity (Wildman–Crippen MR) is 140 cm³/mol. The maximum Gasteiger partial charge on any atom is 0.298 e. The van der Waals surface area contributed by atoms with Crippen LogP contribution in [-0.2, 0) is 30.1 Å². The molecule has 0 saturated heterocycles. The van der Waals surface area contributed by atoms with E-state index in [1.54, 1.807) is 12.1 Å². The summed E-state index contributed by atoms with van der Waals surface area (Å²) in [6, 6.07) is 17.1. The largest absolute Gasteiger partial charge is 0.456 e. The van der Waals surface area contributed by atoms with Crippen molar-refractivity contribution in [1.82, 2.24) is 0 Å². The molecule has 204 valence electrons. The molecule has 0 aromatic heterocycles. The Morgan fingerprint density at radius 2 is 0.923 bits per heavy atom. The Morgan fingerprint density at radius 1 is 0.538 bits per heavy atom. The molecule has 4 rings (SSSR count). The van der Waals surface area contributed by atoms with E-state index in [2.05, 4.69) is 0 Å². The predicted octanol–water partition coefficient (Wildman–Crippen LogP) is 3.76. The lowest BCUT2D eigenvalue weighted by molar-refractivity contribution is 0.447. The molecule has 0 aliphatic rings. The number of rotatable bonds is 8. The monoisotopic (exact) mass is 592 g/mol. The van der Waals surface area contributed by atoms with Crippen molar-refractivity contribution >= 4 is 41.4 Å². The Morgan fingerprint density at radius 3 is 1.26 bits per heavy atom. The molecule has 0 fully saturated rings. The van der Waals surface area contributed by atoms with Crippen LogP contribution in [0.25, 0.3) is 0 Å². The van der Waals surface area contributed by atoms with E-state index in [0.717, 1.165) is 24.3 Å². The van der Waals surface area contributed by atoms with E-state index in [0.29, 0.717) is 23.5 Å². The molecule has 4 aromatic carbocycles. The van der Waals surface area contributed by atoms with Crippen LogP contribution in [0, 0.1) is 0 Å². The SMILES string of the molecule is Nc1cccc(Oc2ccc(S(=O)(=O)c3ccc(Oc4cccc(N)c4)c(S(=O)(=O)O)c3)cc2S(=O)(=O)O)c1. The second-order valence-electron chi connectivity index (χ2n) is 8.02. The van der Waals surface area contributed by atoms with E-state index < -0.39 is 61.2 Å². The van der Waals surface area contributed by atoms with Crippen LogP contribution in [0.3, 0.4) is 0 Å². The summed E-state index contributed by atoms with van der Waals surface area (Å²) in [5.41, 5.74) is 12.0. The first-order valence-electron chi connectivity index (χ1n) is 10.7. The van der Waals surface area contributed by atoms with Gasteiger partial charge < -0.3 is 20.9 Å². The van der Waals surface area contributed by atoms with Crippen molar-refractivity contribution < 1.29 is 43.8 Å². The minimum atomic E-state index is -4.99. The quantitative estimate of drug-likeness (QED) is 0.170. The first-order chi connectivity index (χ1) is 18.1. The normalized spacial score (nSPS) is 12.2. The van der Waals surface area contributed by atoms with Gasteiger partial charge in [-0.2, -0.15) is 16.8 Å². The van der Waals surface area contributed by atoms with E-state index in [1.807, 2.05) is 0 Å². The van der Waals surface area contributed by atoms with Gasteiger partial charge in [-0.15, -0.1) is 0 Å². The average Bonchev–Trinajstić information content (AvgIpc) is 2.83. The molecule has 15 heteroatoms. The Balaban J connectivity index is 1.79. The van der Waals surface area contributed by atoms with Crippen molar-refractivity contribution in [2.75, 3.05) is 11.5 Å². The fourth-order valence-electron chi connectivity index (χ4n) is 3.43. The number of anilines is 2. The lowest BCUT2D eigenvalue weighted by Gasteiger charge is -2.14. The molecule has 4 aromatic rings. The molecule has 0 heterocycles. The number of sulfone groups is 1. The molecule has 0 atom stereocenters. The van der Waals surface area contributed by atoms with Gasteiger partial charge in [0.15, 0.2) is 0 Å². The second-order valence-corrected chi connectivity index (χ2v) is 12.7. The van der Waals surface area contributed by atoms with Gasteiger partial charge in [-0.3, -0.25) is 9.11 Å². The molecule has 0 radical (unpaired) electrons. The Bertz CT molecular complexity index is 1770. The van der Waals surface area contributed by atoms with Gasteiger partial charge in [0.2, 0.25) is 9.84 Å². The van der Waals surface area contributed by atoms with Gasteiger partial charge in [-0.25, -0.2) is 8.42 Å². The molecule has 0 saturated carbocycles. The fourth-order valence-corrected chi connectivity index (χ4v) is 6.17. The highest BCUT2D eigenvalue weighted by Gasteiger charge is 2.27. The lowest BCUT2D eigenvalue weighted by atomic mass is 10.3. The highest BCUT2D eigenvalue weighted by molar-refractivity contribution is 7.91. The zero-order chi connectivity index (χ0) is 28.6. The number of nitrogens with two attached hydrogens (primary N) is 2. The van der Waals surface area contributed by atoms with Gasteiger partial charge in [0, 0.05) is 23.5 Å². The van der Waals surface area contributed by atoms with E-state index in [4.69, 9.17) is 20.9 Å². The minimum Gasteiger partial charge on any atom is -0.456 e. The van der Waals surface area contributed by atoms with Gasteiger partial charge in [0.1, 0.15) is 32.8 Å². The smallest absolute Gasteiger partial charge is 0.298 e. The maximum absolute atomic E-state index is 13.4. The highest BCUT2D eigenvalue weighted by atomic mass is 32.2. The third kappa shape index (κ3) is 6.30. The molecule has 0 aliphatic heterocycles. The van der Waals surface area contributed by atoms with Gasteiger partial charge in [-0.1, -0.05) is 12.1 Å². The van der Waals surface area contributed by atoms with Crippen molar-refractivity contribution in [1.29, 1.82) is 0 Å². The topological polar surface area (TPSA) is 213 Å². The second kappa shape index (κ2) is 10.2. The van der Waals surface area contributed by atoms with Crippen LogP contribution < -0.4 is 20.9 Å². The summed E-state index contributed by atoms with van der Waals surface area (Å²) in [6.07, 6.45) is 0. The number of benzene rings is 4. The van der Waals surface area contributed by atoms with Crippen molar-refractivity contribution in [3.8, 4) is 23.0 Å². The third-order valence-electron chi connectivity index (χ3n) is 5.18. The van der Waals surface area contributed by atoms with Crippen LogP contribution in [-0.4, -0.2) is 34.4 Å². The number of ether oxygens (including phenoxy) is 2. The zero-order valence-corrected chi connectivity index (χ0v) is 22.1. The summed E-state index contributed by atoms with van der Waals surface area (Å²) in [6.45, 7) is 0. The Kier molecular flexibility index (Phi) is 7.29. The molecule has 0 aliphatic carbocycles. The van der Waals surface area contributed by atoms with Crippen molar-refractivity contribution in [3.05, 3.63) is 84.9 Å². The van der Waals surface area contributed by atoms with Crippen LogP contribution in [0.1, 0.15) is 0 Å². The van der Waals surface area contributed by atoms with Crippen LogP contribution in [0.15, 0.2) is 105 Å². The molecule has 12 nitrogen and oxygen atoms in total. The summed E-state index contributed by atoms with van der Waals surface area (Å²) >= 11 is 0.